The van der Waals surface area contributed by atoms with Crippen LogP contribution in [-0.2, 0) is 4.74 Å². The molecular formula is C29H33N3O7. The summed E-state index contributed by atoms with van der Waals surface area (Å²) in [6, 6.07) is 12.9. The van der Waals surface area contributed by atoms with Crippen molar-refractivity contribution >= 4 is 22.7 Å². The fourth-order valence-corrected chi connectivity index (χ4v) is 6.04. The van der Waals surface area contributed by atoms with Crippen molar-refractivity contribution in [2.75, 3.05) is 58.0 Å². The van der Waals surface area contributed by atoms with Crippen LogP contribution in [0.2, 0.25) is 0 Å². The number of ether oxygens (including phenoxy) is 4. The Balaban J connectivity index is 1.18. The summed E-state index contributed by atoms with van der Waals surface area (Å²) < 4.78 is 22.8. The number of methoxy groups -OCH3 is 1. The van der Waals surface area contributed by atoms with Gasteiger partial charge in [-0.3, -0.25) is 14.8 Å². The van der Waals surface area contributed by atoms with E-state index in [9.17, 15) is 15.0 Å². The van der Waals surface area contributed by atoms with Gasteiger partial charge in [-0.15, -0.1) is 0 Å². The van der Waals surface area contributed by atoms with Crippen LogP contribution < -0.4 is 19.1 Å². The predicted octanol–water partition coefficient (Wildman–Crippen LogP) is 3.15. The molecule has 1 amide bonds. The lowest BCUT2D eigenvalue weighted by molar-refractivity contribution is -0.0622. The number of amides is 1. The highest BCUT2D eigenvalue weighted by Gasteiger charge is 2.53. The van der Waals surface area contributed by atoms with Gasteiger partial charge >= 0.3 is 6.09 Å². The molecule has 3 aliphatic rings. The lowest BCUT2D eigenvalue weighted by Gasteiger charge is -2.44. The number of aromatic nitrogens is 1. The summed E-state index contributed by atoms with van der Waals surface area (Å²) in [4.78, 5) is 21.3. The maximum absolute atomic E-state index is 13.1. The van der Waals surface area contributed by atoms with E-state index in [4.69, 9.17) is 18.9 Å². The van der Waals surface area contributed by atoms with Crippen LogP contribution >= 0.6 is 0 Å². The average Bonchev–Trinajstić information content (AvgIpc) is 3.30. The van der Waals surface area contributed by atoms with E-state index in [2.05, 4.69) is 9.88 Å². The number of rotatable bonds is 7. The fourth-order valence-electron chi connectivity index (χ4n) is 6.04. The van der Waals surface area contributed by atoms with Crippen LogP contribution in [0.3, 0.4) is 0 Å². The number of piperidine rings is 1. The molecule has 3 atom stereocenters. The van der Waals surface area contributed by atoms with E-state index in [0.29, 0.717) is 75.2 Å². The second-order valence-electron chi connectivity index (χ2n) is 10.4. The van der Waals surface area contributed by atoms with Crippen molar-refractivity contribution < 1.29 is 34.0 Å². The third-order valence-electron chi connectivity index (χ3n) is 8.10. The van der Waals surface area contributed by atoms with Crippen molar-refractivity contribution in [2.24, 2.45) is 5.92 Å². The molecule has 1 spiro atoms. The summed E-state index contributed by atoms with van der Waals surface area (Å²) in [6.45, 7) is 2.99. The Bertz CT molecular complexity index is 1370. The van der Waals surface area contributed by atoms with Gasteiger partial charge in [0.1, 0.15) is 24.6 Å². The second kappa shape index (κ2) is 10.5. The predicted molar refractivity (Wildman–Crippen MR) is 143 cm³/mol. The summed E-state index contributed by atoms with van der Waals surface area (Å²) in [5.74, 6) is 1.89. The number of fused-ring (bicyclic) bond motifs is 2. The summed E-state index contributed by atoms with van der Waals surface area (Å²) in [5, 5.41) is 22.0. The van der Waals surface area contributed by atoms with Crippen LogP contribution in [0.4, 0.5) is 10.5 Å². The van der Waals surface area contributed by atoms with Gasteiger partial charge < -0.3 is 29.2 Å². The minimum absolute atomic E-state index is 0.0147. The zero-order valence-electron chi connectivity index (χ0n) is 21.9. The van der Waals surface area contributed by atoms with E-state index in [0.717, 1.165) is 16.5 Å². The first-order valence-electron chi connectivity index (χ1n) is 13.3. The second-order valence-corrected chi connectivity index (χ2v) is 10.4. The molecule has 2 saturated heterocycles. The lowest BCUT2D eigenvalue weighted by Crippen LogP contribution is -2.55. The Morgan fingerprint density at radius 2 is 2.00 bits per heavy atom. The number of benzene rings is 2. The van der Waals surface area contributed by atoms with Crippen LogP contribution in [0, 0.1) is 5.92 Å². The monoisotopic (exact) mass is 535 g/mol. The molecule has 6 rings (SSSR count). The molecule has 0 bridgehead atoms. The molecule has 10 heteroatoms. The van der Waals surface area contributed by atoms with E-state index >= 15 is 0 Å². The zero-order chi connectivity index (χ0) is 27.0. The summed E-state index contributed by atoms with van der Waals surface area (Å²) >= 11 is 0. The largest absolute Gasteiger partial charge is 0.497 e. The van der Waals surface area contributed by atoms with Gasteiger partial charge in [0.15, 0.2) is 11.5 Å². The van der Waals surface area contributed by atoms with Crippen molar-refractivity contribution in [3.8, 4) is 17.2 Å². The number of β-amino-alcohol motifs (C(OH)–C–C–N with tert-alkyl or cyclic N) is 1. The van der Waals surface area contributed by atoms with Gasteiger partial charge in [0, 0.05) is 56.2 Å². The van der Waals surface area contributed by atoms with E-state index in [1.807, 2.05) is 42.5 Å². The highest BCUT2D eigenvalue weighted by atomic mass is 16.6. The van der Waals surface area contributed by atoms with Crippen LogP contribution in [-0.4, -0.2) is 84.9 Å². The number of hydrogen-bond acceptors (Lipinski definition) is 9. The van der Waals surface area contributed by atoms with Crippen molar-refractivity contribution in [1.82, 2.24) is 9.88 Å². The summed E-state index contributed by atoms with van der Waals surface area (Å²) in [5.41, 5.74) is 1.56. The SMILES string of the molecule is COc1ccc2nccc([C@@H](O)CN3CC[C@@]4(CN(c5ccc6c(c5)OCCO6)C(=O)O4)[C@@H](CCO)C3)c2c1. The Labute approximate surface area is 226 Å². The molecule has 0 saturated carbocycles. The molecule has 10 nitrogen and oxygen atoms in total. The third kappa shape index (κ3) is 4.84. The van der Waals surface area contributed by atoms with Gasteiger partial charge in [-0.25, -0.2) is 4.79 Å². The standard InChI is InChI=1S/C29H33N3O7/c1-36-21-3-4-24-23(15-21)22(6-9-30-24)25(34)17-31-10-8-29(19(16-31)7-11-33)18-32(28(35)39-29)20-2-5-26-27(14-20)38-13-12-37-26/h2-6,9,14-15,19,25,33-34H,7-8,10-13,16-18H2,1H3/t19-,25-,29+/m0/s1. The topological polar surface area (TPSA) is 114 Å². The third-order valence-corrected chi connectivity index (χ3v) is 8.10. The molecule has 3 aliphatic heterocycles. The molecule has 2 N–H and O–H groups in total. The first kappa shape index (κ1) is 25.7. The number of nitrogens with zero attached hydrogens (tertiary/aromatic N) is 3. The quantitative estimate of drug-likeness (QED) is 0.471. The summed E-state index contributed by atoms with van der Waals surface area (Å²) in [6.07, 6.45) is 1.65. The van der Waals surface area contributed by atoms with E-state index in [1.165, 1.54) is 0 Å². The average molecular weight is 536 g/mol. The van der Waals surface area contributed by atoms with Gasteiger partial charge in [0.05, 0.1) is 31.0 Å². The molecule has 3 aromatic rings. The number of carbonyl (C=O) groups is 1. The molecule has 4 heterocycles. The zero-order valence-corrected chi connectivity index (χ0v) is 21.9. The molecule has 206 valence electrons. The Kier molecular flexibility index (Phi) is 6.92. The maximum atomic E-state index is 13.1. The first-order valence-corrected chi connectivity index (χ1v) is 13.3. The number of carbonyl (C=O) groups excluding carboxylic acids is 1. The normalized spacial score (nSPS) is 23.7. The van der Waals surface area contributed by atoms with Crippen molar-refractivity contribution in [1.29, 1.82) is 0 Å². The molecule has 2 fully saturated rings. The van der Waals surface area contributed by atoms with Crippen molar-refractivity contribution in [3.63, 3.8) is 0 Å². The Hall–Kier alpha value is -3.60. The number of hydrogen-bond donors (Lipinski definition) is 2. The van der Waals surface area contributed by atoms with Gasteiger partial charge in [-0.05, 0) is 48.4 Å². The number of anilines is 1. The fraction of sp³-hybridized carbons (Fsp3) is 0.448. The van der Waals surface area contributed by atoms with Crippen LogP contribution in [0.25, 0.3) is 10.9 Å². The summed E-state index contributed by atoms with van der Waals surface area (Å²) in [7, 11) is 1.61. The number of aliphatic hydroxyl groups excluding tert-OH is 2. The highest BCUT2D eigenvalue weighted by molar-refractivity contribution is 5.91. The number of pyridine rings is 1. The Morgan fingerprint density at radius 3 is 2.82 bits per heavy atom. The molecule has 2 aromatic carbocycles. The molecule has 1 aromatic heterocycles. The van der Waals surface area contributed by atoms with Crippen molar-refractivity contribution in [3.05, 3.63) is 54.2 Å². The minimum Gasteiger partial charge on any atom is -0.497 e. The molecule has 0 unspecified atom stereocenters. The minimum atomic E-state index is -0.744. The first-order chi connectivity index (χ1) is 19.0. The number of likely N-dealkylation sites (tertiary alicyclic amines) is 1. The van der Waals surface area contributed by atoms with Gasteiger partial charge in [0.2, 0.25) is 0 Å². The van der Waals surface area contributed by atoms with Crippen molar-refractivity contribution in [2.45, 2.75) is 24.5 Å². The van der Waals surface area contributed by atoms with Gasteiger partial charge in [0.25, 0.3) is 0 Å². The van der Waals surface area contributed by atoms with Crippen LogP contribution in [0.1, 0.15) is 24.5 Å². The van der Waals surface area contributed by atoms with Crippen LogP contribution in [0.15, 0.2) is 48.7 Å². The maximum Gasteiger partial charge on any atom is 0.415 e. The molecule has 0 radical (unpaired) electrons. The van der Waals surface area contributed by atoms with E-state index in [1.54, 1.807) is 18.2 Å². The van der Waals surface area contributed by atoms with Gasteiger partial charge in [-0.1, -0.05) is 0 Å². The smallest absolute Gasteiger partial charge is 0.415 e. The van der Waals surface area contributed by atoms with Crippen LogP contribution in [0.5, 0.6) is 17.2 Å². The van der Waals surface area contributed by atoms with E-state index < -0.39 is 17.8 Å². The molecular weight excluding hydrogens is 502 g/mol. The molecule has 39 heavy (non-hydrogen) atoms. The molecule has 0 aliphatic carbocycles. The van der Waals surface area contributed by atoms with Gasteiger partial charge in [-0.2, -0.15) is 0 Å². The highest BCUT2D eigenvalue weighted by Crippen LogP contribution is 2.43. The Morgan fingerprint density at radius 1 is 1.15 bits per heavy atom. The number of aliphatic hydroxyl groups is 2. The lowest BCUT2D eigenvalue weighted by atomic mass is 9.78. The van der Waals surface area contributed by atoms with E-state index in [-0.39, 0.29) is 12.5 Å².